The van der Waals surface area contributed by atoms with Gasteiger partial charge in [0.2, 0.25) is 0 Å². The summed E-state index contributed by atoms with van der Waals surface area (Å²) in [5, 5.41) is 0. The fraction of sp³-hybridized carbons (Fsp3) is 0.600. The van der Waals surface area contributed by atoms with Gasteiger partial charge in [-0.1, -0.05) is 13.8 Å². The van der Waals surface area contributed by atoms with Crippen LogP contribution < -0.4 is 0 Å². The molecule has 0 N–H and O–H groups in total. The van der Waals surface area contributed by atoms with E-state index in [4.69, 9.17) is 4.74 Å². The summed E-state index contributed by atoms with van der Waals surface area (Å²) in [5.74, 6) is -0.918. The highest BCUT2D eigenvalue weighted by Gasteiger charge is 2.35. The molecule has 0 aliphatic carbocycles. The lowest BCUT2D eigenvalue weighted by Crippen LogP contribution is -2.45. The van der Waals surface area contributed by atoms with Gasteiger partial charge in [0, 0.05) is 25.0 Å². The molecular weight excluding hydrogens is 334 g/mol. The molecule has 2 rings (SSSR count). The largest absolute Gasteiger partial charge is 0.451 e. The van der Waals surface area contributed by atoms with Crippen molar-refractivity contribution in [1.82, 2.24) is 14.9 Å². The normalized spacial score (nSPS) is 19.2. The third-order valence-corrected chi connectivity index (χ3v) is 5.38. The lowest BCUT2D eigenvalue weighted by molar-refractivity contribution is -0.137. The Morgan fingerprint density at radius 2 is 2.12 bits per heavy atom. The fourth-order valence-electron chi connectivity index (χ4n) is 2.56. The third-order valence-electron chi connectivity index (χ3n) is 3.63. The van der Waals surface area contributed by atoms with Gasteiger partial charge < -0.3 is 9.64 Å². The number of sulfone groups is 1. The highest BCUT2D eigenvalue weighted by atomic mass is 32.2. The van der Waals surface area contributed by atoms with Crippen molar-refractivity contribution < 1.29 is 22.7 Å². The van der Waals surface area contributed by atoms with E-state index in [1.165, 1.54) is 23.5 Å². The number of amides is 1. The zero-order valence-electron chi connectivity index (χ0n) is 13.7. The van der Waals surface area contributed by atoms with Crippen LogP contribution >= 0.6 is 0 Å². The van der Waals surface area contributed by atoms with Gasteiger partial charge in [-0.2, -0.15) is 0 Å². The minimum Gasteiger partial charge on any atom is -0.451 e. The molecule has 1 aliphatic heterocycles. The summed E-state index contributed by atoms with van der Waals surface area (Å²) in [6, 6.07) is -0.361. The predicted molar refractivity (Wildman–Crippen MR) is 85.9 cm³/mol. The molecule has 1 aromatic rings. The Kier molecular flexibility index (Phi) is 5.87. The van der Waals surface area contributed by atoms with Crippen molar-refractivity contribution in [3.8, 4) is 0 Å². The van der Waals surface area contributed by atoms with Gasteiger partial charge in [0.15, 0.2) is 22.1 Å². The summed E-state index contributed by atoms with van der Waals surface area (Å²) in [4.78, 5) is 33.3. The second-order valence-electron chi connectivity index (χ2n) is 6.16. The number of hydrogen-bond acceptors (Lipinski definition) is 7. The van der Waals surface area contributed by atoms with E-state index in [-0.39, 0.29) is 29.2 Å². The Bertz CT molecular complexity index is 690. The maximum atomic E-state index is 12.4. The van der Waals surface area contributed by atoms with Crippen LogP contribution in [-0.2, 0) is 19.4 Å². The van der Waals surface area contributed by atoms with Crippen LogP contribution in [0.5, 0.6) is 0 Å². The molecule has 0 saturated carbocycles. The van der Waals surface area contributed by atoms with Crippen molar-refractivity contribution in [2.75, 3.05) is 24.7 Å². The van der Waals surface area contributed by atoms with E-state index >= 15 is 0 Å². The van der Waals surface area contributed by atoms with Gasteiger partial charge in [-0.05, 0) is 12.3 Å². The number of esters is 1. The number of ether oxygens (including phenoxy) is 1. The number of carbonyl (C=O) groups is 2. The summed E-state index contributed by atoms with van der Waals surface area (Å²) in [7, 11) is -3.10. The van der Waals surface area contributed by atoms with Crippen LogP contribution in [-0.4, -0.2) is 65.9 Å². The lowest BCUT2D eigenvalue weighted by Gasteiger charge is -2.29. The smallest absolute Gasteiger partial charge is 0.359 e. The third kappa shape index (κ3) is 4.98. The Balaban J connectivity index is 1.99. The molecule has 0 bridgehead atoms. The van der Waals surface area contributed by atoms with Crippen molar-refractivity contribution >= 4 is 21.7 Å². The molecule has 9 heteroatoms. The number of hydrogen-bond donors (Lipinski definition) is 0. The van der Waals surface area contributed by atoms with E-state index in [0.29, 0.717) is 13.0 Å². The average molecular weight is 355 g/mol. The van der Waals surface area contributed by atoms with Crippen LogP contribution in [0.25, 0.3) is 0 Å². The molecule has 1 saturated heterocycles. The molecule has 0 aromatic carbocycles. The van der Waals surface area contributed by atoms with Crippen molar-refractivity contribution in [2.45, 2.75) is 26.3 Å². The van der Waals surface area contributed by atoms with E-state index in [1.54, 1.807) is 0 Å². The first kappa shape index (κ1) is 18.3. The van der Waals surface area contributed by atoms with E-state index in [0.717, 1.165) is 0 Å². The topological polar surface area (TPSA) is 107 Å². The molecule has 1 amide bonds. The van der Waals surface area contributed by atoms with Gasteiger partial charge in [0.25, 0.3) is 5.91 Å². The van der Waals surface area contributed by atoms with Crippen LogP contribution in [0, 0.1) is 5.92 Å². The minimum absolute atomic E-state index is 0.0177. The molecule has 0 unspecified atom stereocenters. The summed E-state index contributed by atoms with van der Waals surface area (Å²) in [5.41, 5.74) is 0.0177. The monoisotopic (exact) mass is 355 g/mol. The molecule has 132 valence electrons. The van der Waals surface area contributed by atoms with Gasteiger partial charge in [-0.25, -0.2) is 18.2 Å². The maximum absolute atomic E-state index is 12.4. The number of aromatic nitrogens is 2. The molecule has 1 fully saturated rings. The lowest BCUT2D eigenvalue weighted by atomic mass is 10.1. The van der Waals surface area contributed by atoms with Crippen LogP contribution in [0.1, 0.15) is 30.8 Å². The number of rotatable bonds is 6. The zero-order chi connectivity index (χ0) is 17.7. The highest BCUT2D eigenvalue weighted by Crippen LogP contribution is 2.19. The summed E-state index contributed by atoms with van der Waals surface area (Å²) < 4.78 is 28.3. The van der Waals surface area contributed by atoms with Crippen LogP contribution in [0.3, 0.4) is 0 Å². The van der Waals surface area contributed by atoms with E-state index in [1.807, 2.05) is 13.8 Å². The Morgan fingerprint density at radius 3 is 2.67 bits per heavy atom. The van der Waals surface area contributed by atoms with Crippen molar-refractivity contribution in [1.29, 1.82) is 0 Å². The number of nitrogens with zero attached hydrogens (tertiary/aromatic N) is 3. The molecule has 0 radical (unpaired) electrons. The molecule has 1 atom stereocenters. The molecule has 0 spiro atoms. The van der Waals surface area contributed by atoms with E-state index in [9.17, 15) is 18.0 Å². The number of carbonyl (C=O) groups excluding carboxylic acids is 2. The van der Waals surface area contributed by atoms with Gasteiger partial charge >= 0.3 is 5.97 Å². The second-order valence-corrected chi connectivity index (χ2v) is 8.39. The van der Waals surface area contributed by atoms with Crippen LogP contribution in [0.15, 0.2) is 18.6 Å². The van der Waals surface area contributed by atoms with Gasteiger partial charge in [-0.15, -0.1) is 0 Å². The van der Waals surface area contributed by atoms with E-state index < -0.39 is 28.3 Å². The quantitative estimate of drug-likeness (QED) is 0.676. The minimum atomic E-state index is -3.10. The Morgan fingerprint density at radius 1 is 1.38 bits per heavy atom. The standard InChI is InChI=1S/C15H21N3O5S/c1-11(2)8-18(12-3-6-24(21,22)10-12)14(19)9-23-15(20)13-7-16-4-5-17-13/h4-5,7,11-12H,3,6,8-10H2,1-2H3/t12-/m1/s1. The van der Waals surface area contributed by atoms with Gasteiger partial charge in [0.05, 0.1) is 17.7 Å². The molecular formula is C15H21N3O5S. The molecule has 24 heavy (non-hydrogen) atoms. The first-order valence-electron chi connectivity index (χ1n) is 7.71. The highest BCUT2D eigenvalue weighted by molar-refractivity contribution is 7.91. The summed E-state index contributed by atoms with van der Waals surface area (Å²) in [6.45, 7) is 3.85. The fourth-order valence-corrected chi connectivity index (χ4v) is 4.29. The van der Waals surface area contributed by atoms with Crippen molar-refractivity contribution in [3.63, 3.8) is 0 Å². The Labute approximate surface area is 141 Å². The van der Waals surface area contributed by atoms with Crippen LogP contribution in [0.2, 0.25) is 0 Å². The molecule has 8 nitrogen and oxygen atoms in total. The second kappa shape index (κ2) is 7.69. The van der Waals surface area contributed by atoms with Gasteiger partial charge in [0.1, 0.15) is 0 Å². The molecule has 1 aromatic heterocycles. The zero-order valence-corrected chi connectivity index (χ0v) is 14.5. The maximum Gasteiger partial charge on any atom is 0.359 e. The van der Waals surface area contributed by atoms with Crippen molar-refractivity contribution in [3.05, 3.63) is 24.3 Å². The van der Waals surface area contributed by atoms with Gasteiger partial charge in [-0.3, -0.25) is 9.78 Å². The average Bonchev–Trinajstić information content (AvgIpc) is 2.90. The van der Waals surface area contributed by atoms with E-state index in [2.05, 4.69) is 9.97 Å². The molecule has 2 heterocycles. The predicted octanol–water partition coefficient (Wildman–Crippen LogP) is 0.305. The summed E-state index contributed by atoms with van der Waals surface area (Å²) in [6.07, 6.45) is 4.45. The van der Waals surface area contributed by atoms with Crippen LogP contribution in [0.4, 0.5) is 0 Å². The SMILES string of the molecule is CC(C)CN(C(=O)COC(=O)c1cnccn1)[C@@H]1CCS(=O)(=O)C1. The molecule has 1 aliphatic rings. The first-order valence-corrected chi connectivity index (χ1v) is 9.53. The first-order chi connectivity index (χ1) is 11.3. The Hall–Kier alpha value is -2.03. The van der Waals surface area contributed by atoms with Crippen molar-refractivity contribution in [2.24, 2.45) is 5.92 Å². The summed E-state index contributed by atoms with van der Waals surface area (Å²) >= 11 is 0.